The standard InChI is InChI=1S/C23H27N5O2/c1-4-28-20-9-8-16(11-21(20)26(3)23(28)30)19-14-27(13-18(29)12-24)25-22(19)17-7-5-6-15(2)10-17/h5-11,14,18,29H,4,12-13,24H2,1-3H3. The van der Waals surface area contributed by atoms with Crippen molar-refractivity contribution in [3.8, 4) is 22.4 Å². The van der Waals surface area contributed by atoms with E-state index in [0.29, 0.717) is 13.1 Å². The molecular formula is C23H27N5O2. The van der Waals surface area contributed by atoms with Crippen molar-refractivity contribution < 1.29 is 5.11 Å². The zero-order valence-electron chi connectivity index (χ0n) is 17.5. The summed E-state index contributed by atoms with van der Waals surface area (Å²) in [6.07, 6.45) is 1.28. The van der Waals surface area contributed by atoms with Gasteiger partial charge in [0.1, 0.15) is 5.69 Å². The maximum Gasteiger partial charge on any atom is 0.328 e. The molecule has 7 nitrogen and oxygen atoms in total. The van der Waals surface area contributed by atoms with Gasteiger partial charge in [-0.3, -0.25) is 13.8 Å². The van der Waals surface area contributed by atoms with Gasteiger partial charge in [-0.25, -0.2) is 4.79 Å². The van der Waals surface area contributed by atoms with Gasteiger partial charge in [0.15, 0.2) is 0 Å². The molecule has 156 valence electrons. The molecule has 4 rings (SSSR count). The summed E-state index contributed by atoms with van der Waals surface area (Å²) in [6, 6.07) is 14.2. The molecular weight excluding hydrogens is 378 g/mol. The van der Waals surface area contributed by atoms with Gasteiger partial charge < -0.3 is 10.8 Å². The Morgan fingerprint density at radius 2 is 1.93 bits per heavy atom. The van der Waals surface area contributed by atoms with E-state index in [4.69, 9.17) is 10.8 Å². The number of nitrogens with two attached hydrogens (primary N) is 1. The van der Waals surface area contributed by atoms with Crippen LogP contribution in [0.2, 0.25) is 0 Å². The molecule has 2 aromatic heterocycles. The largest absolute Gasteiger partial charge is 0.390 e. The molecule has 0 fully saturated rings. The molecule has 30 heavy (non-hydrogen) atoms. The van der Waals surface area contributed by atoms with Crippen LogP contribution in [0.25, 0.3) is 33.4 Å². The summed E-state index contributed by atoms with van der Waals surface area (Å²) in [7, 11) is 1.79. The number of benzene rings is 2. The molecule has 3 N–H and O–H groups in total. The first-order chi connectivity index (χ1) is 14.4. The summed E-state index contributed by atoms with van der Waals surface area (Å²) < 4.78 is 5.18. The van der Waals surface area contributed by atoms with Crippen LogP contribution in [0.1, 0.15) is 12.5 Å². The second-order valence-electron chi connectivity index (χ2n) is 7.66. The average Bonchev–Trinajstić information content (AvgIpc) is 3.27. The number of hydrogen-bond acceptors (Lipinski definition) is 4. The van der Waals surface area contributed by atoms with Crippen LogP contribution >= 0.6 is 0 Å². The van der Waals surface area contributed by atoms with Crippen molar-refractivity contribution >= 4 is 11.0 Å². The minimum atomic E-state index is -0.662. The Morgan fingerprint density at radius 1 is 1.13 bits per heavy atom. The summed E-state index contributed by atoms with van der Waals surface area (Å²) in [6.45, 7) is 5.14. The lowest BCUT2D eigenvalue weighted by molar-refractivity contribution is 0.157. The van der Waals surface area contributed by atoms with Gasteiger partial charge in [-0.2, -0.15) is 5.10 Å². The predicted molar refractivity (Wildman–Crippen MR) is 119 cm³/mol. The zero-order valence-corrected chi connectivity index (χ0v) is 17.5. The summed E-state index contributed by atoms with van der Waals surface area (Å²) in [5.41, 5.74) is 12.3. The minimum Gasteiger partial charge on any atom is -0.390 e. The van der Waals surface area contributed by atoms with Crippen molar-refractivity contribution in [1.82, 2.24) is 18.9 Å². The smallest absolute Gasteiger partial charge is 0.328 e. The third-order valence-electron chi connectivity index (χ3n) is 5.50. The van der Waals surface area contributed by atoms with Crippen molar-refractivity contribution in [1.29, 1.82) is 0 Å². The first-order valence-electron chi connectivity index (χ1n) is 10.1. The third-order valence-corrected chi connectivity index (χ3v) is 5.50. The van der Waals surface area contributed by atoms with Crippen molar-refractivity contribution in [3.63, 3.8) is 0 Å². The van der Waals surface area contributed by atoms with E-state index in [0.717, 1.165) is 39.0 Å². The lowest BCUT2D eigenvalue weighted by Gasteiger charge is -2.06. The lowest BCUT2D eigenvalue weighted by Crippen LogP contribution is -2.25. The number of rotatable bonds is 6. The minimum absolute atomic E-state index is 0.0229. The van der Waals surface area contributed by atoms with Crippen LogP contribution in [0.5, 0.6) is 0 Å². The molecule has 0 aliphatic carbocycles. The van der Waals surface area contributed by atoms with Gasteiger partial charge in [-0.15, -0.1) is 0 Å². The SMILES string of the molecule is CCn1c(=O)n(C)c2cc(-c3cn(CC(O)CN)nc3-c3cccc(C)c3)ccc21. The Hall–Kier alpha value is -3.16. The van der Waals surface area contributed by atoms with E-state index >= 15 is 0 Å². The van der Waals surface area contributed by atoms with Crippen molar-refractivity contribution in [2.75, 3.05) is 6.54 Å². The molecule has 2 aromatic carbocycles. The van der Waals surface area contributed by atoms with Crippen LogP contribution in [-0.4, -0.2) is 36.7 Å². The number of aliphatic hydroxyl groups excluding tert-OH is 1. The normalized spacial score (nSPS) is 12.6. The van der Waals surface area contributed by atoms with Crippen molar-refractivity contribution in [2.24, 2.45) is 12.8 Å². The Labute approximate surface area is 175 Å². The van der Waals surface area contributed by atoms with Crippen LogP contribution in [0.3, 0.4) is 0 Å². The molecule has 0 aliphatic heterocycles. The fourth-order valence-corrected chi connectivity index (χ4v) is 3.90. The highest BCUT2D eigenvalue weighted by Gasteiger charge is 2.17. The van der Waals surface area contributed by atoms with Gasteiger partial charge in [0.05, 0.1) is 23.7 Å². The first-order valence-corrected chi connectivity index (χ1v) is 10.1. The molecule has 4 aromatic rings. The highest BCUT2D eigenvalue weighted by molar-refractivity contribution is 5.87. The summed E-state index contributed by atoms with van der Waals surface area (Å²) in [4.78, 5) is 12.5. The quantitative estimate of drug-likeness (QED) is 0.516. The average molecular weight is 406 g/mol. The molecule has 1 atom stereocenters. The summed E-state index contributed by atoms with van der Waals surface area (Å²) in [5, 5.41) is 14.8. The molecule has 0 radical (unpaired) electrons. The summed E-state index contributed by atoms with van der Waals surface area (Å²) >= 11 is 0. The Bertz CT molecular complexity index is 1260. The number of aromatic nitrogens is 4. The molecule has 0 amide bonds. The van der Waals surface area contributed by atoms with Gasteiger partial charge in [-0.05, 0) is 37.6 Å². The monoisotopic (exact) mass is 405 g/mol. The van der Waals surface area contributed by atoms with E-state index in [1.54, 1.807) is 20.9 Å². The second-order valence-corrected chi connectivity index (χ2v) is 7.66. The van der Waals surface area contributed by atoms with Crippen molar-refractivity contribution in [2.45, 2.75) is 33.0 Å². The highest BCUT2D eigenvalue weighted by atomic mass is 16.3. The van der Waals surface area contributed by atoms with Gasteiger partial charge >= 0.3 is 5.69 Å². The lowest BCUT2D eigenvalue weighted by atomic mass is 10.0. The zero-order chi connectivity index (χ0) is 21.4. The molecule has 0 aliphatic rings. The number of hydrogen-bond donors (Lipinski definition) is 2. The van der Waals surface area contributed by atoms with Crippen LogP contribution in [-0.2, 0) is 20.1 Å². The van der Waals surface area contributed by atoms with Crippen LogP contribution in [0.4, 0.5) is 0 Å². The maximum absolute atomic E-state index is 12.5. The van der Waals surface area contributed by atoms with E-state index < -0.39 is 6.10 Å². The predicted octanol–water partition coefficient (Wildman–Crippen LogP) is 2.52. The van der Waals surface area contributed by atoms with Gasteiger partial charge in [0, 0.05) is 37.5 Å². The molecule has 2 heterocycles. The Morgan fingerprint density at radius 3 is 2.63 bits per heavy atom. The molecule has 7 heteroatoms. The van der Waals surface area contributed by atoms with E-state index in [-0.39, 0.29) is 12.2 Å². The Kier molecular flexibility index (Phi) is 5.32. The van der Waals surface area contributed by atoms with E-state index in [1.165, 1.54) is 0 Å². The number of aryl methyl sites for hydroxylation is 3. The fraction of sp³-hybridized carbons (Fsp3) is 0.304. The van der Waals surface area contributed by atoms with Gasteiger partial charge in [-0.1, -0.05) is 29.8 Å². The van der Waals surface area contributed by atoms with Crippen LogP contribution in [0, 0.1) is 6.92 Å². The number of imidazole rings is 1. The second kappa shape index (κ2) is 7.93. The number of aliphatic hydroxyl groups is 1. The number of nitrogens with zero attached hydrogens (tertiary/aromatic N) is 4. The molecule has 0 bridgehead atoms. The van der Waals surface area contributed by atoms with E-state index in [9.17, 15) is 9.90 Å². The van der Waals surface area contributed by atoms with Crippen LogP contribution in [0.15, 0.2) is 53.5 Å². The summed E-state index contributed by atoms with van der Waals surface area (Å²) in [5.74, 6) is 0. The van der Waals surface area contributed by atoms with Crippen molar-refractivity contribution in [3.05, 3.63) is 64.7 Å². The van der Waals surface area contributed by atoms with Crippen LogP contribution < -0.4 is 11.4 Å². The topological polar surface area (TPSA) is 91.0 Å². The fourth-order valence-electron chi connectivity index (χ4n) is 3.90. The Balaban J connectivity index is 1.90. The maximum atomic E-state index is 12.5. The van der Waals surface area contributed by atoms with Gasteiger partial charge in [0.25, 0.3) is 0 Å². The van der Waals surface area contributed by atoms with E-state index in [1.807, 2.05) is 56.4 Å². The number of fused-ring (bicyclic) bond motifs is 1. The van der Waals surface area contributed by atoms with Gasteiger partial charge in [0.2, 0.25) is 0 Å². The molecule has 0 saturated carbocycles. The molecule has 0 saturated heterocycles. The third kappa shape index (κ3) is 3.46. The highest BCUT2D eigenvalue weighted by Crippen LogP contribution is 2.33. The first kappa shape index (κ1) is 20.1. The molecule has 1 unspecified atom stereocenters. The van der Waals surface area contributed by atoms with E-state index in [2.05, 4.69) is 6.07 Å². The molecule has 0 spiro atoms.